The van der Waals surface area contributed by atoms with Crippen LogP contribution in [0.1, 0.15) is 64.1 Å². The number of nitriles is 1. The Balaban J connectivity index is 2.08. The quantitative estimate of drug-likeness (QED) is 0.307. The van der Waals surface area contributed by atoms with Gasteiger partial charge in [0.25, 0.3) is 5.56 Å². The van der Waals surface area contributed by atoms with Crippen molar-refractivity contribution in [2.24, 2.45) is 7.05 Å². The van der Waals surface area contributed by atoms with Crippen LogP contribution in [0.5, 0.6) is 11.9 Å². The predicted octanol–water partition coefficient (Wildman–Crippen LogP) is 4.24. The largest absolute Gasteiger partial charge is 0.479 e. The van der Waals surface area contributed by atoms with E-state index in [1.165, 1.54) is 60.1 Å². The molecule has 0 radical (unpaired) electrons. The van der Waals surface area contributed by atoms with Crippen molar-refractivity contribution in [3.05, 3.63) is 91.5 Å². The molecule has 13 heteroatoms. The van der Waals surface area contributed by atoms with Crippen LogP contribution in [0.25, 0.3) is 5.69 Å². The van der Waals surface area contributed by atoms with Crippen LogP contribution >= 0.6 is 11.6 Å². The molecule has 11 nitrogen and oxygen atoms in total. The molecule has 0 saturated carbocycles. The van der Waals surface area contributed by atoms with Gasteiger partial charge in [0.05, 0.1) is 36.7 Å². The normalized spacial score (nSPS) is 11.8. The highest BCUT2D eigenvalue weighted by atomic mass is 35.5. The fourth-order valence-corrected chi connectivity index (χ4v) is 5.03. The first-order valence-corrected chi connectivity index (χ1v) is 12.7. The number of methoxy groups -OCH3 is 2. The summed E-state index contributed by atoms with van der Waals surface area (Å²) in [4.78, 5) is 34.1. The molecule has 0 aliphatic rings. The third-order valence-corrected chi connectivity index (χ3v) is 6.75. The molecule has 4 rings (SSSR count). The van der Waals surface area contributed by atoms with Crippen molar-refractivity contribution in [3.63, 3.8) is 0 Å². The van der Waals surface area contributed by atoms with Crippen molar-refractivity contribution >= 4 is 17.6 Å². The lowest BCUT2D eigenvalue weighted by Gasteiger charge is -2.22. The van der Waals surface area contributed by atoms with Gasteiger partial charge in [-0.3, -0.25) is 4.79 Å². The number of rotatable bonds is 9. The number of halogens is 2. The molecule has 0 bridgehead atoms. The number of benzene rings is 1. The lowest BCUT2D eigenvalue weighted by atomic mass is 9.82. The summed E-state index contributed by atoms with van der Waals surface area (Å²) in [6.07, 6.45) is 2.81. The number of aromatic nitrogens is 5. The van der Waals surface area contributed by atoms with Gasteiger partial charge in [-0.2, -0.15) is 15.3 Å². The molecular formula is C28H26ClFN6O5. The molecule has 0 fully saturated rings. The van der Waals surface area contributed by atoms with E-state index in [1.54, 1.807) is 13.1 Å². The molecule has 0 spiro atoms. The van der Waals surface area contributed by atoms with Gasteiger partial charge >= 0.3 is 12.0 Å². The minimum atomic E-state index is -1.34. The minimum absolute atomic E-state index is 0.0327. The molecule has 1 atom stereocenters. The number of hydrogen-bond acceptors (Lipinski definition) is 8. The number of carboxylic acids is 1. The molecule has 0 aliphatic carbocycles. The summed E-state index contributed by atoms with van der Waals surface area (Å²) in [5.41, 5.74) is 0.706. The first-order valence-electron chi connectivity index (χ1n) is 12.4. The van der Waals surface area contributed by atoms with Crippen molar-refractivity contribution < 1.29 is 23.8 Å². The SMILES string of the molecule is COc1ncc(-n2nc(C(=O)O)c(C(Cc3cc(Cl)cn(C)c3=O)c3ccc(C#N)c(F)c3)c2C(C)C)c(OC)n1. The molecular weight excluding hydrogens is 555 g/mol. The second-order valence-corrected chi connectivity index (χ2v) is 9.91. The Labute approximate surface area is 239 Å². The minimum Gasteiger partial charge on any atom is -0.479 e. The molecule has 212 valence electrons. The van der Waals surface area contributed by atoms with Crippen LogP contribution in [0.4, 0.5) is 4.39 Å². The average molecular weight is 581 g/mol. The van der Waals surface area contributed by atoms with Crippen LogP contribution in [0.2, 0.25) is 5.02 Å². The third kappa shape index (κ3) is 5.62. The third-order valence-electron chi connectivity index (χ3n) is 6.54. The highest BCUT2D eigenvalue weighted by molar-refractivity contribution is 6.30. The lowest BCUT2D eigenvalue weighted by Crippen LogP contribution is -2.23. The van der Waals surface area contributed by atoms with Gasteiger partial charge in [-0.15, -0.1) is 0 Å². The number of nitrogens with zero attached hydrogens (tertiary/aromatic N) is 6. The highest BCUT2D eigenvalue weighted by Gasteiger charge is 2.33. The van der Waals surface area contributed by atoms with E-state index >= 15 is 0 Å². The number of aromatic carboxylic acids is 1. The smallest absolute Gasteiger partial charge is 0.356 e. The van der Waals surface area contributed by atoms with E-state index in [0.29, 0.717) is 16.3 Å². The van der Waals surface area contributed by atoms with E-state index in [1.807, 2.05) is 13.8 Å². The summed E-state index contributed by atoms with van der Waals surface area (Å²) in [5.74, 6) is -3.26. The van der Waals surface area contributed by atoms with Crippen molar-refractivity contribution in [1.82, 2.24) is 24.3 Å². The lowest BCUT2D eigenvalue weighted by molar-refractivity contribution is 0.0688. The van der Waals surface area contributed by atoms with Crippen LogP contribution in [-0.4, -0.2) is 49.6 Å². The number of hydrogen-bond donors (Lipinski definition) is 1. The average Bonchev–Trinajstić information content (AvgIpc) is 3.34. The van der Waals surface area contributed by atoms with Crippen molar-refractivity contribution in [3.8, 4) is 23.6 Å². The summed E-state index contributed by atoms with van der Waals surface area (Å²) in [5, 5.41) is 24.3. The van der Waals surface area contributed by atoms with Crippen LogP contribution in [-0.2, 0) is 13.5 Å². The number of aryl methyl sites for hydroxylation is 1. The van der Waals surface area contributed by atoms with Gasteiger partial charge in [-0.25, -0.2) is 18.9 Å². The Morgan fingerprint density at radius 3 is 2.56 bits per heavy atom. The van der Waals surface area contributed by atoms with E-state index < -0.39 is 17.7 Å². The Kier molecular flexibility index (Phi) is 8.39. The van der Waals surface area contributed by atoms with E-state index in [9.17, 15) is 24.3 Å². The molecule has 0 saturated heterocycles. The van der Waals surface area contributed by atoms with Gasteiger partial charge in [0.15, 0.2) is 5.69 Å². The Morgan fingerprint density at radius 2 is 1.98 bits per heavy atom. The Morgan fingerprint density at radius 1 is 1.24 bits per heavy atom. The van der Waals surface area contributed by atoms with Gasteiger partial charge < -0.3 is 19.1 Å². The molecule has 41 heavy (non-hydrogen) atoms. The zero-order valence-corrected chi connectivity index (χ0v) is 23.6. The summed E-state index contributed by atoms with van der Waals surface area (Å²) in [6, 6.07) is 7.33. The Hall–Kier alpha value is -4.76. The molecule has 0 amide bonds. The maximum Gasteiger partial charge on any atom is 0.356 e. The standard InChI is InChI=1S/C28H26ClFN6O5/c1-14(2)24-22(23(27(38)39)34-36(24)21-12-32-28(41-5)33-25(21)40-4)19(15-6-7-16(11-31)20(30)10-15)9-17-8-18(29)13-35(3)26(17)37/h6-8,10,12-14,19H,9H2,1-5H3,(H,38,39). The molecule has 3 heterocycles. The van der Waals surface area contributed by atoms with Gasteiger partial charge in [0.1, 0.15) is 17.6 Å². The summed E-state index contributed by atoms with van der Waals surface area (Å²) in [6.45, 7) is 3.68. The monoisotopic (exact) mass is 580 g/mol. The van der Waals surface area contributed by atoms with Gasteiger partial charge in [-0.05, 0) is 36.1 Å². The van der Waals surface area contributed by atoms with Gasteiger partial charge in [0.2, 0.25) is 5.88 Å². The molecule has 0 aliphatic heterocycles. The highest BCUT2D eigenvalue weighted by Crippen LogP contribution is 2.39. The first-order chi connectivity index (χ1) is 19.5. The summed E-state index contributed by atoms with van der Waals surface area (Å²) < 4.78 is 28.2. The van der Waals surface area contributed by atoms with Crippen LogP contribution < -0.4 is 15.0 Å². The van der Waals surface area contributed by atoms with Crippen molar-refractivity contribution in [2.45, 2.75) is 32.1 Å². The van der Waals surface area contributed by atoms with Crippen LogP contribution in [0.3, 0.4) is 0 Å². The first kappa shape index (κ1) is 29.2. The zero-order valence-electron chi connectivity index (χ0n) is 22.8. The molecule has 4 aromatic rings. The predicted molar refractivity (Wildman–Crippen MR) is 147 cm³/mol. The molecule has 1 unspecified atom stereocenters. The van der Waals surface area contributed by atoms with Crippen molar-refractivity contribution in [2.75, 3.05) is 14.2 Å². The van der Waals surface area contributed by atoms with E-state index in [2.05, 4.69) is 15.1 Å². The maximum atomic E-state index is 14.9. The Bertz CT molecular complexity index is 1740. The zero-order chi connectivity index (χ0) is 30.0. The van der Waals surface area contributed by atoms with E-state index in [4.69, 9.17) is 21.1 Å². The van der Waals surface area contributed by atoms with Crippen LogP contribution in [0, 0.1) is 17.1 Å². The summed E-state index contributed by atoms with van der Waals surface area (Å²) in [7, 11) is 4.33. The van der Waals surface area contributed by atoms with Gasteiger partial charge in [-0.1, -0.05) is 31.5 Å². The number of carbonyl (C=O) groups is 1. The summed E-state index contributed by atoms with van der Waals surface area (Å²) >= 11 is 6.26. The second kappa shape index (κ2) is 11.8. The maximum absolute atomic E-state index is 14.9. The van der Waals surface area contributed by atoms with E-state index in [0.717, 1.165) is 0 Å². The van der Waals surface area contributed by atoms with Gasteiger partial charge in [0, 0.05) is 30.3 Å². The fraction of sp³-hybridized carbons (Fsp3) is 0.286. The molecule has 1 aromatic carbocycles. The fourth-order valence-electron chi connectivity index (χ4n) is 4.75. The number of pyridine rings is 1. The van der Waals surface area contributed by atoms with Crippen molar-refractivity contribution in [1.29, 1.82) is 5.26 Å². The number of carboxylic acid groups (broad SMARTS) is 1. The van der Waals surface area contributed by atoms with Crippen LogP contribution in [0.15, 0.2) is 41.5 Å². The molecule has 1 N–H and O–H groups in total. The topological polar surface area (TPSA) is 145 Å². The second-order valence-electron chi connectivity index (χ2n) is 9.48. The molecule has 3 aromatic heterocycles. The number of ether oxygens (including phenoxy) is 2. The van der Waals surface area contributed by atoms with E-state index in [-0.39, 0.29) is 57.9 Å².